The number of amides is 3. The van der Waals surface area contributed by atoms with Gasteiger partial charge in [-0.2, -0.15) is 0 Å². The van der Waals surface area contributed by atoms with Crippen molar-refractivity contribution in [2.45, 2.75) is 58.6 Å². The third-order valence-corrected chi connectivity index (χ3v) is 5.63. The molecule has 0 radical (unpaired) electrons. The number of hydrogen-bond acceptors (Lipinski definition) is 5. The Bertz CT molecular complexity index is 771. The summed E-state index contributed by atoms with van der Waals surface area (Å²) in [7, 11) is 0. The molecule has 1 aliphatic heterocycles. The van der Waals surface area contributed by atoms with Crippen LogP contribution in [0.1, 0.15) is 46.1 Å². The number of halogens is 1. The summed E-state index contributed by atoms with van der Waals surface area (Å²) in [6, 6.07) is 7.07. The van der Waals surface area contributed by atoms with Gasteiger partial charge in [0.2, 0.25) is 5.91 Å². The van der Waals surface area contributed by atoms with E-state index < -0.39 is 17.7 Å². The van der Waals surface area contributed by atoms with Gasteiger partial charge in [-0.05, 0) is 67.5 Å². The average molecular weight is 559 g/mol. The van der Waals surface area contributed by atoms with Gasteiger partial charge < -0.3 is 24.6 Å². The second kappa shape index (κ2) is 12.3. The van der Waals surface area contributed by atoms with Crippen LogP contribution in [0.4, 0.5) is 9.59 Å². The van der Waals surface area contributed by atoms with Crippen molar-refractivity contribution in [1.29, 1.82) is 0 Å². The summed E-state index contributed by atoms with van der Waals surface area (Å²) in [6.07, 6.45) is 1.18. The first kappa shape index (κ1) is 26.2. The Labute approximate surface area is 204 Å². The van der Waals surface area contributed by atoms with E-state index >= 15 is 0 Å². The Morgan fingerprint density at radius 2 is 1.66 bits per heavy atom. The number of carbonyl (C=O) groups is 3. The standard InChI is InChI=1S/C23H34IN3O5/c1-5-6-15-31-22(30)27-13-11-26(12-14-27)20(28)19(25-21(29)32-23(2,3)4)16-17-7-9-18(24)10-8-17/h7-10,19H,5-6,11-16H2,1-4H3,(H,25,29). The topological polar surface area (TPSA) is 88.2 Å². The predicted molar refractivity (Wildman–Crippen MR) is 130 cm³/mol. The van der Waals surface area contributed by atoms with E-state index in [9.17, 15) is 14.4 Å². The van der Waals surface area contributed by atoms with Crippen LogP contribution in [0, 0.1) is 3.57 Å². The third-order valence-electron chi connectivity index (χ3n) is 4.92. The highest BCUT2D eigenvalue weighted by Gasteiger charge is 2.31. The molecular weight excluding hydrogens is 525 g/mol. The zero-order valence-electron chi connectivity index (χ0n) is 19.4. The van der Waals surface area contributed by atoms with Gasteiger partial charge in [0, 0.05) is 36.2 Å². The molecule has 1 fully saturated rings. The van der Waals surface area contributed by atoms with Gasteiger partial charge in [-0.15, -0.1) is 0 Å². The largest absolute Gasteiger partial charge is 0.449 e. The van der Waals surface area contributed by atoms with E-state index in [-0.39, 0.29) is 12.0 Å². The second-order valence-corrected chi connectivity index (χ2v) is 10.1. The highest BCUT2D eigenvalue weighted by molar-refractivity contribution is 14.1. The number of alkyl carbamates (subject to hydrolysis) is 1. The van der Waals surface area contributed by atoms with Gasteiger partial charge in [-0.1, -0.05) is 25.5 Å². The van der Waals surface area contributed by atoms with E-state index in [0.717, 1.165) is 22.0 Å². The lowest BCUT2D eigenvalue weighted by Crippen LogP contribution is -2.56. The van der Waals surface area contributed by atoms with Crippen molar-refractivity contribution in [1.82, 2.24) is 15.1 Å². The highest BCUT2D eigenvalue weighted by atomic mass is 127. The van der Waals surface area contributed by atoms with Crippen LogP contribution in [0.15, 0.2) is 24.3 Å². The van der Waals surface area contributed by atoms with Crippen LogP contribution in [0.2, 0.25) is 0 Å². The Balaban J connectivity index is 2.01. The summed E-state index contributed by atoms with van der Waals surface area (Å²) in [5.41, 5.74) is 0.280. The molecule has 1 N–H and O–H groups in total. The molecule has 8 nitrogen and oxygen atoms in total. The van der Waals surface area contributed by atoms with Crippen LogP contribution in [-0.4, -0.2) is 72.3 Å². The smallest absolute Gasteiger partial charge is 0.409 e. The summed E-state index contributed by atoms with van der Waals surface area (Å²) in [5, 5.41) is 2.74. The first-order valence-corrected chi connectivity index (χ1v) is 12.1. The van der Waals surface area contributed by atoms with Crippen molar-refractivity contribution >= 4 is 40.7 Å². The Hall–Kier alpha value is -2.04. The molecule has 1 heterocycles. The number of nitrogens with zero attached hydrogens (tertiary/aromatic N) is 2. The van der Waals surface area contributed by atoms with Crippen LogP contribution in [-0.2, 0) is 20.7 Å². The molecule has 2 rings (SSSR count). The molecule has 0 bridgehead atoms. The van der Waals surface area contributed by atoms with Crippen LogP contribution in [0.25, 0.3) is 0 Å². The van der Waals surface area contributed by atoms with Gasteiger partial charge in [0.1, 0.15) is 11.6 Å². The van der Waals surface area contributed by atoms with Crippen molar-refractivity contribution in [3.05, 3.63) is 33.4 Å². The molecule has 0 spiro atoms. The number of hydrogen-bond donors (Lipinski definition) is 1. The molecule has 0 aromatic heterocycles. The maximum Gasteiger partial charge on any atom is 0.409 e. The van der Waals surface area contributed by atoms with E-state index in [2.05, 4.69) is 27.9 Å². The summed E-state index contributed by atoms with van der Waals surface area (Å²) in [5.74, 6) is -0.187. The zero-order chi connectivity index (χ0) is 23.7. The summed E-state index contributed by atoms with van der Waals surface area (Å²) < 4.78 is 11.7. The highest BCUT2D eigenvalue weighted by Crippen LogP contribution is 2.14. The molecular formula is C23H34IN3O5. The van der Waals surface area contributed by atoms with Crippen LogP contribution >= 0.6 is 22.6 Å². The SMILES string of the molecule is CCCCOC(=O)N1CCN(C(=O)C(Cc2ccc(I)cc2)NC(=O)OC(C)(C)C)CC1. The van der Waals surface area contributed by atoms with Crippen molar-refractivity contribution in [3.63, 3.8) is 0 Å². The molecule has 0 saturated carbocycles. The van der Waals surface area contributed by atoms with Gasteiger partial charge in [0.25, 0.3) is 0 Å². The number of benzene rings is 1. The molecule has 32 heavy (non-hydrogen) atoms. The predicted octanol–water partition coefficient (Wildman–Crippen LogP) is 3.81. The van der Waals surface area contributed by atoms with Gasteiger partial charge in [-0.25, -0.2) is 9.59 Å². The van der Waals surface area contributed by atoms with E-state index in [0.29, 0.717) is 39.2 Å². The quantitative estimate of drug-likeness (QED) is 0.406. The molecule has 9 heteroatoms. The molecule has 1 aromatic carbocycles. The molecule has 0 aliphatic carbocycles. The summed E-state index contributed by atoms with van der Waals surface area (Å²) >= 11 is 2.22. The lowest BCUT2D eigenvalue weighted by atomic mass is 10.0. The van der Waals surface area contributed by atoms with Crippen molar-refractivity contribution in [3.8, 4) is 0 Å². The minimum absolute atomic E-state index is 0.187. The number of carbonyl (C=O) groups excluding carboxylic acids is 3. The second-order valence-electron chi connectivity index (χ2n) is 8.81. The zero-order valence-corrected chi connectivity index (χ0v) is 21.5. The lowest BCUT2D eigenvalue weighted by Gasteiger charge is -2.36. The molecule has 1 saturated heterocycles. The third kappa shape index (κ3) is 8.84. The fourth-order valence-corrected chi connectivity index (χ4v) is 3.59. The minimum Gasteiger partial charge on any atom is -0.449 e. The molecule has 178 valence electrons. The molecule has 1 aliphatic rings. The Morgan fingerprint density at radius 1 is 1.06 bits per heavy atom. The lowest BCUT2D eigenvalue weighted by molar-refractivity contribution is -0.135. The van der Waals surface area contributed by atoms with Gasteiger partial charge in [0.05, 0.1) is 6.61 Å². The first-order valence-electron chi connectivity index (χ1n) is 11.0. The number of piperazine rings is 1. The van der Waals surface area contributed by atoms with Crippen LogP contribution in [0.5, 0.6) is 0 Å². The van der Waals surface area contributed by atoms with E-state index in [1.807, 2.05) is 31.2 Å². The number of unbranched alkanes of at least 4 members (excludes halogenated alkanes) is 1. The molecule has 3 amide bonds. The minimum atomic E-state index is -0.757. The van der Waals surface area contributed by atoms with E-state index in [1.165, 1.54) is 0 Å². The fraction of sp³-hybridized carbons (Fsp3) is 0.609. The van der Waals surface area contributed by atoms with Crippen molar-refractivity contribution in [2.75, 3.05) is 32.8 Å². The molecule has 1 atom stereocenters. The van der Waals surface area contributed by atoms with Crippen LogP contribution in [0.3, 0.4) is 0 Å². The van der Waals surface area contributed by atoms with Crippen LogP contribution < -0.4 is 5.32 Å². The molecule has 1 aromatic rings. The monoisotopic (exact) mass is 559 g/mol. The summed E-state index contributed by atoms with van der Waals surface area (Å²) in [6.45, 7) is 9.37. The van der Waals surface area contributed by atoms with Crippen molar-refractivity contribution in [2.24, 2.45) is 0 Å². The summed E-state index contributed by atoms with van der Waals surface area (Å²) in [4.78, 5) is 41.1. The number of rotatable bonds is 7. The van der Waals surface area contributed by atoms with E-state index in [1.54, 1.807) is 30.6 Å². The number of ether oxygens (including phenoxy) is 2. The van der Waals surface area contributed by atoms with Crippen molar-refractivity contribution < 1.29 is 23.9 Å². The number of nitrogens with one attached hydrogen (secondary N) is 1. The Kier molecular flexibility index (Phi) is 10.0. The van der Waals surface area contributed by atoms with Gasteiger partial charge in [0.15, 0.2) is 0 Å². The fourth-order valence-electron chi connectivity index (χ4n) is 3.23. The van der Waals surface area contributed by atoms with Gasteiger partial charge in [-0.3, -0.25) is 4.79 Å². The maximum absolute atomic E-state index is 13.3. The maximum atomic E-state index is 13.3. The first-order chi connectivity index (χ1) is 15.1. The molecule has 1 unspecified atom stereocenters. The average Bonchev–Trinajstić information content (AvgIpc) is 2.73. The van der Waals surface area contributed by atoms with Gasteiger partial charge >= 0.3 is 12.2 Å². The van der Waals surface area contributed by atoms with E-state index in [4.69, 9.17) is 9.47 Å². The normalized spacial score (nSPS) is 15.2. The Morgan fingerprint density at radius 3 is 2.22 bits per heavy atom.